The third-order valence-electron chi connectivity index (χ3n) is 5.17. The van der Waals surface area contributed by atoms with E-state index in [4.69, 9.17) is 15.6 Å². The minimum atomic E-state index is -4.64. The second-order valence-corrected chi connectivity index (χ2v) is 7.34. The molecule has 0 saturated carbocycles. The van der Waals surface area contributed by atoms with E-state index in [1.165, 1.54) is 19.2 Å². The molecular formula is C23H23F3N2O4. The highest BCUT2D eigenvalue weighted by atomic mass is 19.4. The molecule has 0 amide bonds. The molecule has 0 bridgehead atoms. The number of aliphatic carboxylic acids is 1. The van der Waals surface area contributed by atoms with Crippen LogP contribution < -0.4 is 10.5 Å². The molecule has 32 heavy (non-hydrogen) atoms. The standard InChI is InChI=1S/C23H23F3N2O4/c1-13-11-14(22(27)31)3-8-19(13)28-15(5-10-21(29)30)4-9-20(28)17-7-6-16(32-2)12-18(17)23(24,25)26/h3-4,6-9,11-12,22,31H,5,10,27H2,1-2H3,(H,29,30). The summed E-state index contributed by atoms with van der Waals surface area (Å²) in [5.41, 5.74) is 7.04. The van der Waals surface area contributed by atoms with Gasteiger partial charge in [0, 0.05) is 16.9 Å². The minimum Gasteiger partial charge on any atom is -0.497 e. The first kappa shape index (κ1) is 23.4. The number of carbonyl (C=O) groups is 1. The molecule has 9 heteroatoms. The van der Waals surface area contributed by atoms with E-state index in [-0.39, 0.29) is 29.8 Å². The predicted octanol–water partition coefficient (Wildman–Crippen LogP) is 4.45. The van der Waals surface area contributed by atoms with Crippen LogP contribution in [-0.2, 0) is 17.4 Å². The van der Waals surface area contributed by atoms with Gasteiger partial charge in [-0.2, -0.15) is 13.2 Å². The van der Waals surface area contributed by atoms with E-state index in [2.05, 4.69) is 0 Å². The van der Waals surface area contributed by atoms with Gasteiger partial charge in [0.25, 0.3) is 0 Å². The summed E-state index contributed by atoms with van der Waals surface area (Å²) in [6, 6.07) is 11.7. The van der Waals surface area contributed by atoms with Gasteiger partial charge in [0.2, 0.25) is 0 Å². The van der Waals surface area contributed by atoms with Gasteiger partial charge < -0.3 is 25.3 Å². The molecule has 0 aliphatic carbocycles. The highest BCUT2D eigenvalue weighted by Gasteiger charge is 2.35. The maximum Gasteiger partial charge on any atom is 0.417 e. The van der Waals surface area contributed by atoms with Gasteiger partial charge in [-0.1, -0.05) is 12.1 Å². The molecule has 3 aromatic rings. The van der Waals surface area contributed by atoms with Crippen molar-refractivity contribution in [1.29, 1.82) is 0 Å². The number of benzene rings is 2. The van der Waals surface area contributed by atoms with Crippen LogP contribution in [0.4, 0.5) is 13.2 Å². The largest absolute Gasteiger partial charge is 0.497 e. The van der Waals surface area contributed by atoms with Crippen molar-refractivity contribution in [2.24, 2.45) is 5.73 Å². The number of methoxy groups -OCH3 is 1. The van der Waals surface area contributed by atoms with E-state index >= 15 is 0 Å². The smallest absolute Gasteiger partial charge is 0.417 e. The Morgan fingerprint density at radius 3 is 2.44 bits per heavy atom. The molecule has 0 radical (unpaired) electrons. The highest BCUT2D eigenvalue weighted by Crippen LogP contribution is 2.41. The molecule has 1 atom stereocenters. The average Bonchev–Trinajstić information content (AvgIpc) is 3.14. The van der Waals surface area contributed by atoms with Crippen LogP contribution in [0, 0.1) is 6.92 Å². The molecule has 0 fully saturated rings. The fourth-order valence-corrected chi connectivity index (χ4v) is 3.63. The molecule has 0 aliphatic rings. The summed E-state index contributed by atoms with van der Waals surface area (Å²) >= 11 is 0. The summed E-state index contributed by atoms with van der Waals surface area (Å²) in [6.07, 6.45) is -5.90. The van der Waals surface area contributed by atoms with Crippen molar-refractivity contribution in [1.82, 2.24) is 4.57 Å². The number of aryl methyl sites for hydroxylation is 2. The number of aromatic nitrogens is 1. The van der Waals surface area contributed by atoms with Gasteiger partial charge in [0.1, 0.15) is 12.0 Å². The minimum absolute atomic E-state index is 0.0674. The van der Waals surface area contributed by atoms with Crippen molar-refractivity contribution in [2.75, 3.05) is 7.11 Å². The summed E-state index contributed by atoms with van der Waals surface area (Å²) < 4.78 is 48.2. The van der Waals surface area contributed by atoms with Crippen LogP contribution >= 0.6 is 0 Å². The Morgan fingerprint density at radius 1 is 1.16 bits per heavy atom. The highest BCUT2D eigenvalue weighted by molar-refractivity contribution is 5.71. The lowest BCUT2D eigenvalue weighted by molar-refractivity contribution is -0.138. The van der Waals surface area contributed by atoms with Gasteiger partial charge >= 0.3 is 12.1 Å². The second kappa shape index (κ2) is 9.05. The van der Waals surface area contributed by atoms with Crippen LogP contribution in [-0.4, -0.2) is 27.9 Å². The van der Waals surface area contributed by atoms with Gasteiger partial charge in [0.05, 0.1) is 24.8 Å². The van der Waals surface area contributed by atoms with E-state index in [1.807, 2.05) is 0 Å². The van der Waals surface area contributed by atoms with Crippen LogP contribution in [0.5, 0.6) is 5.75 Å². The molecule has 1 heterocycles. The lowest BCUT2D eigenvalue weighted by Crippen LogP contribution is -2.12. The van der Waals surface area contributed by atoms with Crippen LogP contribution in [0.3, 0.4) is 0 Å². The van der Waals surface area contributed by atoms with E-state index in [0.29, 0.717) is 22.5 Å². The Bertz CT molecular complexity index is 1140. The number of aliphatic hydroxyl groups excluding tert-OH is 1. The zero-order chi connectivity index (χ0) is 23.6. The van der Waals surface area contributed by atoms with E-state index < -0.39 is 23.9 Å². The summed E-state index contributed by atoms with van der Waals surface area (Å²) in [5, 5.41) is 18.8. The van der Waals surface area contributed by atoms with Crippen molar-refractivity contribution < 1.29 is 32.9 Å². The quantitative estimate of drug-likeness (QED) is 0.464. The third-order valence-corrected chi connectivity index (χ3v) is 5.17. The molecule has 3 rings (SSSR count). The van der Waals surface area contributed by atoms with Crippen LogP contribution in [0.25, 0.3) is 16.9 Å². The second-order valence-electron chi connectivity index (χ2n) is 7.34. The number of nitrogens with zero attached hydrogens (tertiary/aromatic N) is 1. The number of alkyl halides is 3. The maximum atomic E-state index is 13.9. The van der Waals surface area contributed by atoms with Crippen molar-refractivity contribution in [3.8, 4) is 22.7 Å². The Balaban J connectivity index is 2.27. The first-order chi connectivity index (χ1) is 15.0. The van der Waals surface area contributed by atoms with Crippen LogP contribution in [0.2, 0.25) is 0 Å². The summed E-state index contributed by atoms with van der Waals surface area (Å²) in [4.78, 5) is 11.1. The van der Waals surface area contributed by atoms with E-state index in [0.717, 1.165) is 6.07 Å². The summed E-state index contributed by atoms with van der Waals surface area (Å²) in [6.45, 7) is 1.74. The van der Waals surface area contributed by atoms with Gasteiger partial charge in [-0.3, -0.25) is 4.79 Å². The summed E-state index contributed by atoms with van der Waals surface area (Å²) in [5.74, 6) is -0.944. The van der Waals surface area contributed by atoms with Gasteiger partial charge in [-0.15, -0.1) is 0 Å². The Morgan fingerprint density at radius 2 is 1.88 bits per heavy atom. The monoisotopic (exact) mass is 448 g/mol. The number of hydrogen-bond acceptors (Lipinski definition) is 4. The first-order valence-corrected chi connectivity index (χ1v) is 9.75. The Kier molecular flexibility index (Phi) is 6.61. The zero-order valence-corrected chi connectivity index (χ0v) is 17.5. The maximum absolute atomic E-state index is 13.9. The number of rotatable bonds is 7. The molecule has 0 aliphatic heterocycles. The molecule has 4 N–H and O–H groups in total. The zero-order valence-electron chi connectivity index (χ0n) is 17.5. The van der Waals surface area contributed by atoms with E-state index in [9.17, 15) is 23.1 Å². The molecule has 0 saturated heterocycles. The fraction of sp³-hybridized carbons (Fsp3) is 0.261. The van der Waals surface area contributed by atoms with Crippen molar-refractivity contribution >= 4 is 5.97 Å². The lowest BCUT2D eigenvalue weighted by atomic mass is 10.0. The number of halogens is 3. The van der Waals surface area contributed by atoms with Crippen molar-refractivity contribution in [2.45, 2.75) is 32.2 Å². The molecule has 1 unspecified atom stereocenters. The lowest BCUT2D eigenvalue weighted by Gasteiger charge is -2.20. The molecular weight excluding hydrogens is 425 g/mol. The number of aliphatic hydroxyl groups is 1. The number of nitrogens with two attached hydrogens (primary N) is 1. The number of hydrogen-bond donors (Lipinski definition) is 3. The van der Waals surface area contributed by atoms with Gasteiger partial charge in [-0.05, 0) is 60.9 Å². The van der Waals surface area contributed by atoms with Gasteiger partial charge in [-0.25, -0.2) is 0 Å². The number of carboxylic acids is 1. The predicted molar refractivity (Wildman–Crippen MR) is 113 cm³/mol. The topological polar surface area (TPSA) is 97.7 Å². The Labute approximate surface area is 182 Å². The molecule has 2 aromatic carbocycles. The SMILES string of the molecule is COc1ccc(-c2ccc(CCC(=O)O)n2-c2ccc(C(N)O)cc2C)c(C(F)(F)F)c1. The molecule has 1 aromatic heterocycles. The normalized spacial score (nSPS) is 12.6. The van der Waals surface area contributed by atoms with Crippen LogP contribution in [0.15, 0.2) is 48.5 Å². The first-order valence-electron chi connectivity index (χ1n) is 9.75. The average molecular weight is 448 g/mol. The summed E-state index contributed by atoms with van der Waals surface area (Å²) in [7, 11) is 1.29. The van der Waals surface area contributed by atoms with Crippen LogP contribution in [0.1, 0.15) is 35.0 Å². The fourth-order valence-electron chi connectivity index (χ4n) is 3.63. The number of carboxylic acid groups (broad SMARTS) is 1. The van der Waals surface area contributed by atoms with Crippen molar-refractivity contribution in [3.05, 3.63) is 70.9 Å². The molecule has 0 spiro atoms. The molecule has 6 nitrogen and oxygen atoms in total. The van der Waals surface area contributed by atoms with Gasteiger partial charge in [0.15, 0.2) is 0 Å². The molecule has 170 valence electrons. The Hall–Kier alpha value is -3.30. The third kappa shape index (κ3) is 4.79. The number of ether oxygens (including phenoxy) is 1. The van der Waals surface area contributed by atoms with E-state index in [1.54, 1.807) is 41.8 Å². The van der Waals surface area contributed by atoms with Crippen molar-refractivity contribution in [3.63, 3.8) is 0 Å².